The number of carbonyl (C=O) groups excluding carboxylic acids is 2. The number of rotatable bonds is 4. The molecule has 0 aliphatic carbocycles. The molecule has 0 spiro atoms. The van der Waals surface area contributed by atoms with Crippen molar-refractivity contribution in [1.82, 2.24) is 0 Å². The molecule has 0 radical (unpaired) electrons. The third-order valence-corrected chi connectivity index (χ3v) is 3.98. The third-order valence-electron chi connectivity index (χ3n) is 2.85. The van der Waals surface area contributed by atoms with Gasteiger partial charge in [-0.05, 0) is 31.9 Å². The first kappa shape index (κ1) is 14.7. The van der Waals surface area contributed by atoms with Gasteiger partial charge in [0.2, 0.25) is 5.91 Å². The summed E-state index contributed by atoms with van der Waals surface area (Å²) in [4.78, 5) is 24.8. The highest BCUT2D eigenvalue weighted by molar-refractivity contribution is 7.17. The lowest BCUT2D eigenvalue weighted by molar-refractivity contribution is -0.111. The first-order chi connectivity index (χ1) is 9.67. The van der Waals surface area contributed by atoms with E-state index in [0.29, 0.717) is 36.8 Å². The molecule has 1 aliphatic rings. The number of hydrogen-bond acceptors (Lipinski definition) is 5. The first-order valence-electron chi connectivity index (χ1n) is 6.50. The fraction of sp³-hybridized carbons (Fsp3) is 0.429. The van der Waals surface area contributed by atoms with E-state index in [1.807, 2.05) is 0 Å². The fourth-order valence-corrected chi connectivity index (χ4v) is 3.22. The van der Waals surface area contributed by atoms with Crippen molar-refractivity contribution >= 4 is 28.2 Å². The topological polar surface area (TPSA) is 64.6 Å². The maximum absolute atomic E-state index is 12.1. The summed E-state index contributed by atoms with van der Waals surface area (Å²) in [5, 5.41) is 3.29. The van der Waals surface area contributed by atoms with Crippen LogP contribution in [0.5, 0.6) is 0 Å². The Bertz CT molecular complexity index is 548. The lowest BCUT2D eigenvalue weighted by Crippen LogP contribution is -2.15. The quantitative estimate of drug-likeness (QED) is 0.685. The van der Waals surface area contributed by atoms with Crippen molar-refractivity contribution in [3.63, 3.8) is 0 Å². The van der Waals surface area contributed by atoms with Gasteiger partial charge in [0.05, 0.1) is 25.4 Å². The number of amides is 1. The molecule has 2 rings (SSSR count). The monoisotopic (exact) mass is 295 g/mol. The molecular formula is C14H17NO4S. The van der Waals surface area contributed by atoms with Crippen LogP contribution in [0, 0.1) is 0 Å². The molecule has 1 aliphatic heterocycles. The van der Waals surface area contributed by atoms with E-state index in [9.17, 15) is 9.59 Å². The molecular weight excluding hydrogens is 278 g/mol. The van der Waals surface area contributed by atoms with Crippen LogP contribution in [0.2, 0.25) is 0 Å². The van der Waals surface area contributed by atoms with E-state index in [1.54, 1.807) is 19.9 Å². The minimum Gasteiger partial charge on any atom is -0.462 e. The van der Waals surface area contributed by atoms with Crippen LogP contribution in [-0.2, 0) is 27.3 Å². The van der Waals surface area contributed by atoms with Gasteiger partial charge in [0, 0.05) is 4.88 Å². The average Bonchev–Trinajstić information content (AvgIpc) is 2.76. The van der Waals surface area contributed by atoms with Crippen LogP contribution in [-0.4, -0.2) is 25.1 Å². The molecule has 1 aromatic rings. The lowest BCUT2D eigenvalue weighted by atomic mass is 10.1. The summed E-state index contributed by atoms with van der Waals surface area (Å²) in [6, 6.07) is 0. The largest absolute Gasteiger partial charge is 0.462 e. The molecule has 1 N–H and O–H groups in total. The molecule has 108 valence electrons. The summed E-state index contributed by atoms with van der Waals surface area (Å²) in [6.45, 7) is 4.89. The Balaban J connectivity index is 2.36. The Labute approximate surface area is 121 Å². The van der Waals surface area contributed by atoms with Gasteiger partial charge in [0.1, 0.15) is 5.00 Å². The molecule has 2 heterocycles. The number of hydrogen-bond donors (Lipinski definition) is 1. The van der Waals surface area contributed by atoms with Crippen LogP contribution in [0.1, 0.15) is 34.6 Å². The molecule has 0 bridgehead atoms. The number of nitrogens with one attached hydrogen (secondary N) is 1. The number of anilines is 1. The van der Waals surface area contributed by atoms with E-state index in [2.05, 4.69) is 5.32 Å². The average molecular weight is 295 g/mol. The van der Waals surface area contributed by atoms with Gasteiger partial charge in [-0.3, -0.25) is 4.79 Å². The van der Waals surface area contributed by atoms with Crippen molar-refractivity contribution in [3.05, 3.63) is 28.2 Å². The van der Waals surface area contributed by atoms with Gasteiger partial charge < -0.3 is 14.8 Å². The van der Waals surface area contributed by atoms with E-state index in [-0.39, 0.29) is 11.9 Å². The molecule has 0 fully saturated rings. The van der Waals surface area contributed by atoms with Crippen LogP contribution in [0.4, 0.5) is 5.00 Å². The SMILES string of the molecule is CC=CC(=O)Nc1sc2c(c1C(=O)OCC)CCOC2. The van der Waals surface area contributed by atoms with Crippen molar-refractivity contribution in [1.29, 1.82) is 0 Å². The maximum atomic E-state index is 12.1. The summed E-state index contributed by atoms with van der Waals surface area (Å²) in [5.74, 6) is -0.639. The van der Waals surface area contributed by atoms with Gasteiger partial charge in [-0.15, -0.1) is 11.3 Å². The van der Waals surface area contributed by atoms with Gasteiger partial charge in [-0.2, -0.15) is 0 Å². The zero-order chi connectivity index (χ0) is 14.5. The normalized spacial score (nSPS) is 14.1. The predicted molar refractivity (Wildman–Crippen MR) is 77.1 cm³/mol. The Morgan fingerprint density at radius 1 is 1.50 bits per heavy atom. The summed E-state index contributed by atoms with van der Waals surface area (Å²) in [6.07, 6.45) is 3.74. The maximum Gasteiger partial charge on any atom is 0.341 e. The Hall–Kier alpha value is -1.66. The minimum atomic E-state index is -0.386. The lowest BCUT2D eigenvalue weighted by Gasteiger charge is -2.13. The number of fused-ring (bicyclic) bond motifs is 1. The second-order valence-corrected chi connectivity index (χ2v) is 5.33. The molecule has 6 heteroatoms. The van der Waals surface area contributed by atoms with Crippen LogP contribution in [0.3, 0.4) is 0 Å². The molecule has 1 amide bonds. The minimum absolute atomic E-state index is 0.252. The van der Waals surface area contributed by atoms with Crippen molar-refractivity contribution < 1.29 is 19.1 Å². The van der Waals surface area contributed by atoms with E-state index < -0.39 is 0 Å². The number of ether oxygens (including phenoxy) is 2. The highest BCUT2D eigenvalue weighted by Crippen LogP contribution is 2.37. The van der Waals surface area contributed by atoms with Crippen molar-refractivity contribution in [2.75, 3.05) is 18.5 Å². The highest BCUT2D eigenvalue weighted by Gasteiger charge is 2.27. The molecule has 0 saturated carbocycles. The molecule has 0 saturated heterocycles. The van der Waals surface area contributed by atoms with Gasteiger partial charge in [0.15, 0.2) is 0 Å². The smallest absolute Gasteiger partial charge is 0.341 e. The fourth-order valence-electron chi connectivity index (χ4n) is 2.04. The zero-order valence-corrected chi connectivity index (χ0v) is 12.3. The standard InChI is InChI=1S/C14H17NO4S/c1-3-5-11(16)15-13-12(14(17)19-4-2)9-6-7-18-8-10(9)20-13/h3,5H,4,6-8H2,1-2H3,(H,15,16). The second-order valence-electron chi connectivity index (χ2n) is 4.22. The Morgan fingerprint density at radius 3 is 3.00 bits per heavy atom. The number of esters is 1. The van der Waals surface area contributed by atoms with Crippen LogP contribution < -0.4 is 5.32 Å². The van der Waals surface area contributed by atoms with Gasteiger partial charge >= 0.3 is 5.97 Å². The highest BCUT2D eigenvalue weighted by atomic mass is 32.1. The van der Waals surface area contributed by atoms with Crippen molar-refractivity contribution in [2.24, 2.45) is 0 Å². The Kier molecular flexibility index (Phi) is 4.92. The molecule has 20 heavy (non-hydrogen) atoms. The van der Waals surface area contributed by atoms with Crippen LogP contribution in [0.25, 0.3) is 0 Å². The summed E-state index contributed by atoms with van der Waals surface area (Å²) < 4.78 is 10.5. The molecule has 5 nitrogen and oxygen atoms in total. The summed E-state index contributed by atoms with van der Waals surface area (Å²) in [7, 11) is 0. The predicted octanol–water partition coefficient (Wildman–Crippen LogP) is 2.51. The van der Waals surface area contributed by atoms with Gasteiger partial charge in [-0.1, -0.05) is 6.08 Å². The molecule has 0 aromatic carbocycles. The zero-order valence-electron chi connectivity index (χ0n) is 11.5. The van der Waals surface area contributed by atoms with E-state index in [1.165, 1.54) is 17.4 Å². The van der Waals surface area contributed by atoms with Gasteiger partial charge in [-0.25, -0.2) is 4.79 Å². The van der Waals surface area contributed by atoms with Crippen LogP contribution in [0.15, 0.2) is 12.2 Å². The molecule has 1 aromatic heterocycles. The van der Waals surface area contributed by atoms with Gasteiger partial charge in [0.25, 0.3) is 0 Å². The number of carbonyl (C=O) groups is 2. The van der Waals surface area contributed by atoms with Crippen LogP contribution >= 0.6 is 11.3 Å². The number of allylic oxidation sites excluding steroid dienone is 1. The molecule has 0 unspecified atom stereocenters. The van der Waals surface area contributed by atoms with Crippen molar-refractivity contribution in [2.45, 2.75) is 26.9 Å². The second kappa shape index (κ2) is 6.67. The first-order valence-corrected chi connectivity index (χ1v) is 7.32. The van der Waals surface area contributed by atoms with E-state index in [0.717, 1.165) is 10.4 Å². The van der Waals surface area contributed by atoms with E-state index >= 15 is 0 Å². The van der Waals surface area contributed by atoms with E-state index in [4.69, 9.17) is 9.47 Å². The van der Waals surface area contributed by atoms with Crippen molar-refractivity contribution in [3.8, 4) is 0 Å². The molecule has 0 atom stereocenters. The third kappa shape index (κ3) is 3.08. The Morgan fingerprint density at radius 2 is 2.30 bits per heavy atom. The summed E-state index contributed by atoms with van der Waals surface area (Å²) in [5.41, 5.74) is 1.42. The summed E-state index contributed by atoms with van der Waals surface area (Å²) >= 11 is 1.38. The number of thiophene rings is 1.